The zero-order valence-electron chi connectivity index (χ0n) is 20.6. The minimum Gasteiger partial charge on any atom is -0.501 e. The van der Waals surface area contributed by atoms with Crippen LogP contribution in [0.5, 0.6) is 28.7 Å². The predicted molar refractivity (Wildman–Crippen MR) is 127 cm³/mol. The fourth-order valence-corrected chi connectivity index (χ4v) is 4.26. The molecule has 2 unspecified atom stereocenters. The second kappa shape index (κ2) is 10.7. The van der Waals surface area contributed by atoms with Crippen LogP contribution in [-0.2, 0) is 15.1 Å². The van der Waals surface area contributed by atoms with Crippen LogP contribution in [0, 0.1) is 0 Å². The van der Waals surface area contributed by atoms with Gasteiger partial charge in [-0.2, -0.15) is 0 Å². The highest BCUT2D eigenvalue weighted by atomic mass is 16.5. The Kier molecular flexibility index (Phi) is 7.96. The van der Waals surface area contributed by atoms with Gasteiger partial charge in [0.05, 0.1) is 60.1 Å². The van der Waals surface area contributed by atoms with Crippen LogP contribution in [0.25, 0.3) is 0 Å². The number of ether oxygens (including phenoxy) is 7. The molecular weight excluding hydrogens is 440 g/mol. The third-order valence-electron chi connectivity index (χ3n) is 6.02. The van der Waals surface area contributed by atoms with Gasteiger partial charge in [0.25, 0.3) is 0 Å². The van der Waals surface area contributed by atoms with Crippen LogP contribution in [0.15, 0.2) is 53.8 Å². The van der Waals surface area contributed by atoms with E-state index in [-0.39, 0.29) is 0 Å². The Morgan fingerprint density at radius 1 is 0.706 bits per heavy atom. The first-order chi connectivity index (χ1) is 16.4. The van der Waals surface area contributed by atoms with Gasteiger partial charge in [-0.15, -0.1) is 0 Å². The maximum Gasteiger partial charge on any atom is 0.150 e. The lowest BCUT2D eigenvalue weighted by molar-refractivity contribution is 0.0461. The molecule has 1 aliphatic rings. The molecule has 0 aliphatic heterocycles. The number of aliphatic hydroxyl groups is 1. The molecule has 1 N–H and O–H groups in total. The van der Waals surface area contributed by atoms with Gasteiger partial charge in [0.2, 0.25) is 0 Å². The molecular formula is C26H32O8. The van der Waals surface area contributed by atoms with Gasteiger partial charge in [0.15, 0.2) is 0 Å². The molecule has 184 valence electrons. The largest absolute Gasteiger partial charge is 0.501 e. The van der Waals surface area contributed by atoms with E-state index in [1.165, 1.54) is 21.3 Å². The van der Waals surface area contributed by atoms with Crippen molar-refractivity contribution in [3.63, 3.8) is 0 Å². The molecule has 0 amide bonds. The Labute approximate surface area is 200 Å². The number of hydrogen-bond donors (Lipinski definition) is 1. The quantitative estimate of drug-likeness (QED) is 0.558. The lowest BCUT2D eigenvalue weighted by Gasteiger charge is -2.39. The van der Waals surface area contributed by atoms with Crippen molar-refractivity contribution in [1.82, 2.24) is 0 Å². The molecule has 0 radical (unpaired) electrons. The van der Waals surface area contributed by atoms with Crippen LogP contribution in [-0.4, -0.2) is 61.0 Å². The van der Waals surface area contributed by atoms with Gasteiger partial charge in [-0.3, -0.25) is 0 Å². The van der Waals surface area contributed by atoms with Crippen molar-refractivity contribution in [2.24, 2.45) is 0 Å². The second-order valence-electron chi connectivity index (χ2n) is 7.57. The molecule has 8 heteroatoms. The van der Waals surface area contributed by atoms with Crippen molar-refractivity contribution in [2.75, 3.05) is 49.8 Å². The molecule has 0 aromatic heterocycles. The van der Waals surface area contributed by atoms with E-state index in [1.54, 1.807) is 64.8 Å². The highest BCUT2D eigenvalue weighted by molar-refractivity contribution is 5.64. The summed E-state index contributed by atoms with van der Waals surface area (Å²) in [6.07, 6.45) is 3.53. The van der Waals surface area contributed by atoms with Gasteiger partial charge in [-0.1, -0.05) is 6.08 Å². The molecule has 2 atom stereocenters. The maximum atomic E-state index is 12.8. The van der Waals surface area contributed by atoms with E-state index in [9.17, 15) is 5.11 Å². The molecule has 34 heavy (non-hydrogen) atoms. The lowest BCUT2D eigenvalue weighted by Crippen LogP contribution is -2.38. The molecule has 0 spiro atoms. The summed E-state index contributed by atoms with van der Waals surface area (Å²) in [4.78, 5) is 0. The minimum absolute atomic E-state index is 0.369. The van der Waals surface area contributed by atoms with Crippen molar-refractivity contribution in [2.45, 2.75) is 18.1 Å². The van der Waals surface area contributed by atoms with E-state index in [0.717, 1.165) is 5.76 Å². The molecule has 8 nitrogen and oxygen atoms in total. The average Bonchev–Trinajstić information content (AvgIpc) is 2.90. The first-order valence-electron chi connectivity index (χ1n) is 10.6. The Morgan fingerprint density at radius 2 is 1.29 bits per heavy atom. The summed E-state index contributed by atoms with van der Waals surface area (Å²) in [6, 6.07) is 8.61. The lowest BCUT2D eigenvalue weighted by atomic mass is 9.74. The monoisotopic (exact) mass is 472 g/mol. The topological polar surface area (TPSA) is 84.8 Å². The van der Waals surface area contributed by atoms with Crippen LogP contribution in [0.1, 0.15) is 17.5 Å². The molecule has 0 fully saturated rings. The molecule has 0 saturated heterocycles. The van der Waals surface area contributed by atoms with Crippen LogP contribution in [0.3, 0.4) is 0 Å². The first kappa shape index (κ1) is 25.3. The third-order valence-corrected chi connectivity index (χ3v) is 6.02. The zero-order valence-corrected chi connectivity index (χ0v) is 20.6. The average molecular weight is 473 g/mol. The van der Waals surface area contributed by atoms with Crippen molar-refractivity contribution in [3.05, 3.63) is 64.9 Å². The van der Waals surface area contributed by atoms with Crippen LogP contribution in [0.4, 0.5) is 0 Å². The molecule has 0 heterocycles. The molecule has 2 aromatic rings. The number of methoxy groups -OCH3 is 7. The molecule has 3 rings (SSSR count). The van der Waals surface area contributed by atoms with E-state index in [4.69, 9.17) is 33.2 Å². The van der Waals surface area contributed by atoms with Crippen LogP contribution < -0.4 is 23.7 Å². The standard InChI is InChI=1S/C26H32O8/c1-28-16-8-10-19(21(12-16)31-4)26(27,20-11-9-17(29-2)13-22(20)32-5)25-23(33-6)14-18(30-3)15-24(25)34-7/h8-12,14-15,22,27H,13H2,1-7H3. The van der Waals surface area contributed by atoms with Crippen LogP contribution >= 0.6 is 0 Å². The van der Waals surface area contributed by atoms with Crippen molar-refractivity contribution in [3.8, 4) is 28.7 Å². The summed E-state index contributed by atoms with van der Waals surface area (Å²) in [5.41, 5.74) is -0.387. The summed E-state index contributed by atoms with van der Waals surface area (Å²) < 4.78 is 39.2. The predicted octanol–water partition coefficient (Wildman–Crippen LogP) is 3.84. The first-order valence-corrected chi connectivity index (χ1v) is 10.6. The van der Waals surface area contributed by atoms with E-state index >= 15 is 0 Å². The maximum absolute atomic E-state index is 12.8. The summed E-state index contributed by atoms with van der Waals surface area (Å²) in [7, 11) is 10.9. The van der Waals surface area contributed by atoms with E-state index < -0.39 is 11.7 Å². The summed E-state index contributed by atoms with van der Waals surface area (Å²) in [6.45, 7) is 0. The molecule has 1 aliphatic carbocycles. The van der Waals surface area contributed by atoms with Crippen molar-refractivity contribution < 1.29 is 38.3 Å². The molecule has 0 saturated carbocycles. The molecule has 0 bridgehead atoms. The summed E-state index contributed by atoms with van der Waals surface area (Å²) >= 11 is 0. The zero-order chi connectivity index (χ0) is 24.9. The smallest absolute Gasteiger partial charge is 0.150 e. The summed E-state index contributed by atoms with van der Waals surface area (Å²) in [5, 5.41) is 12.8. The Morgan fingerprint density at radius 3 is 1.79 bits per heavy atom. The summed E-state index contributed by atoms with van der Waals surface area (Å²) in [5.74, 6) is 2.98. The highest BCUT2D eigenvalue weighted by Gasteiger charge is 2.47. The molecule has 2 aromatic carbocycles. The van der Waals surface area contributed by atoms with E-state index in [0.29, 0.717) is 51.9 Å². The Hall–Kier alpha value is -3.36. The van der Waals surface area contributed by atoms with E-state index in [2.05, 4.69) is 0 Å². The number of benzene rings is 2. The Balaban J connectivity index is 2.45. The minimum atomic E-state index is -1.78. The van der Waals surface area contributed by atoms with Gasteiger partial charge in [0, 0.05) is 37.3 Å². The fourth-order valence-electron chi connectivity index (χ4n) is 4.26. The van der Waals surface area contributed by atoms with Gasteiger partial charge in [-0.05, 0) is 23.8 Å². The van der Waals surface area contributed by atoms with Crippen molar-refractivity contribution in [1.29, 1.82) is 0 Å². The van der Waals surface area contributed by atoms with Gasteiger partial charge < -0.3 is 38.3 Å². The number of hydrogen-bond acceptors (Lipinski definition) is 8. The number of allylic oxidation sites excluding steroid dienone is 2. The normalized spacial score (nSPS) is 17.1. The van der Waals surface area contributed by atoms with Gasteiger partial charge in [-0.25, -0.2) is 0 Å². The second-order valence-corrected chi connectivity index (χ2v) is 7.57. The SMILES string of the molecule is COC1=CC=C(C(O)(c2ccc(OC)cc2OC)c2c(OC)cc(OC)cc2OC)C(OC)C1. The van der Waals surface area contributed by atoms with Crippen LogP contribution in [0.2, 0.25) is 0 Å². The Bertz CT molecular complexity index is 1050. The number of rotatable bonds is 10. The fraction of sp³-hybridized carbons (Fsp3) is 0.385. The van der Waals surface area contributed by atoms with Gasteiger partial charge in [0.1, 0.15) is 34.3 Å². The highest BCUT2D eigenvalue weighted by Crippen LogP contribution is 2.52. The van der Waals surface area contributed by atoms with Gasteiger partial charge >= 0.3 is 0 Å². The van der Waals surface area contributed by atoms with Crippen molar-refractivity contribution >= 4 is 0 Å². The third kappa shape index (κ3) is 4.38. The van der Waals surface area contributed by atoms with E-state index in [1.807, 2.05) is 6.08 Å².